The molecule has 2 aromatic carbocycles. The fourth-order valence-corrected chi connectivity index (χ4v) is 6.39. The number of carbonyl (C=O) groups is 3. The lowest BCUT2D eigenvalue weighted by Crippen LogP contribution is -2.53. The van der Waals surface area contributed by atoms with Crippen LogP contribution >= 0.6 is 11.3 Å². The summed E-state index contributed by atoms with van der Waals surface area (Å²) in [6.07, 6.45) is 0. The molecule has 1 aromatic heterocycles. The van der Waals surface area contributed by atoms with E-state index >= 15 is 0 Å². The van der Waals surface area contributed by atoms with Gasteiger partial charge in [0.1, 0.15) is 0 Å². The van der Waals surface area contributed by atoms with E-state index < -0.39 is 5.92 Å². The van der Waals surface area contributed by atoms with Gasteiger partial charge in [0.2, 0.25) is 5.91 Å². The standard InChI is InChI=1S/C30H33N3O3S/c1-20(2)19-33-28(26-9-6-18-37-26)27(24-7-4-5-8-25(24)29(33)35)30(36)32-16-14-31(15-17-32)23-12-10-22(11-13-23)21(3)34/h4-13,18,20,27-28H,14-17,19H2,1-3H3/t27-,28-/m0/s1. The van der Waals surface area contributed by atoms with Crippen molar-refractivity contribution in [3.05, 3.63) is 87.6 Å². The van der Waals surface area contributed by atoms with Crippen molar-refractivity contribution < 1.29 is 14.4 Å². The predicted molar refractivity (Wildman–Crippen MR) is 147 cm³/mol. The van der Waals surface area contributed by atoms with E-state index in [1.165, 1.54) is 0 Å². The van der Waals surface area contributed by atoms with Crippen molar-refractivity contribution in [3.8, 4) is 0 Å². The zero-order valence-corrected chi connectivity index (χ0v) is 22.4. The van der Waals surface area contributed by atoms with E-state index in [0.29, 0.717) is 30.8 Å². The number of Topliss-reactive ketones (excluding diaryl/α,β-unsaturated/α-hetero) is 1. The molecule has 1 fully saturated rings. The molecule has 7 heteroatoms. The highest BCUT2D eigenvalue weighted by Gasteiger charge is 2.46. The molecule has 0 aliphatic carbocycles. The number of fused-ring (bicyclic) bond motifs is 1. The van der Waals surface area contributed by atoms with Crippen molar-refractivity contribution in [2.45, 2.75) is 32.7 Å². The second-order valence-electron chi connectivity index (χ2n) is 10.3. The van der Waals surface area contributed by atoms with Crippen LogP contribution in [0.5, 0.6) is 0 Å². The van der Waals surface area contributed by atoms with Crippen LogP contribution in [0.25, 0.3) is 0 Å². The molecule has 1 saturated heterocycles. The van der Waals surface area contributed by atoms with E-state index in [9.17, 15) is 14.4 Å². The molecule has 37 heavy (non-hydrogen) atoms. The van der Waals surface area contributed by atoms with E-state index in [4.69, 9.17) is 0 Å². The second kappa shape index (κ2) is 10.5. The van der Waals surface area contributed by atoms with Gasteiger partial charge in [-0.05, 0) is 60.2 Å². The summed E-state index contributed by atoms with van der Waals surface area (Å²) >= 11 is 1.61. The second-order valence-corrected chi connectivity index (χ2v) is 11.3. The molecule has 0 N–H and O–H groups in total. The molecule has 2 aliphatic heterocycles. The lowest BCUT2D eigenvalue weighted by Gasteiger charge is -2.44. The minimum absolute atomic E-state index is 0.00516. The summed E-state index contributed by atoms with van der Waals surface area (Å²) in [6.45, 7) is 9.06. The van der Waals surface area contributed by atoms with Crippen molar-refractivity contribution in [3.63, 3.8) is 0 Å². The Balaban J connectivity index is 1.43. The maximum atomic E-state index is 14.3. The van der Waals surface area contributed by atoms with Crippen LogP contribution in [-0.2, 0) is 4.79 Å². The van der Waals surface area contributed by atoms with Gasteiger partial charge in [0.25, 0.3) is 5.91 Å². The van der Waals surface area contributed by atoms with E-state index in [1.807, 2.05) is 75.8 Å². The lowest BCUT2D eigenvalue weighted by molar-refractivity contribution is -0.135. The number of amides is 2. The van der Waals surface area contributed by atoms with Gasteiger partial charge in [-0.3, -0.25) is 14.4 Å². The number of nitrogens with zero attached hydrogens (tertiary/aromatic N) is 3. The first-order valence-electron chi connectivity index (χ1n) is 12.9. The molecule has 3 heterocycles. The number of ketones is 1. The van der Waals surface area contributed by atoms with Crippen LogP contribution in [0.1, 0.15) is 63.9 Å². The number of rotatable bonds is 6. The SMILES string of the molecule is CC(=O)c1ccc(N2CCN(C(=O)[C@H]3c4ccccc4C(=O)N(CC(C)C)[C@H]3c3cccs3)CC2)cc1. The lowest BCUT2D eigenvalue weighted by atomic mass is 9.80. The van der Waals surface area contributed by atoms with Gasteiger partial charge in [-0.25, -0.2) is 0 Å². The van der Waals surface area contributed by atoms with Gasteiger partial charge in [0.15, 0.2) is 5.78 Å². The van der Waals surface area contributed by atoms with Crippen molar-refractivity contribution in [2.75, 3.05) is 37.6 Å². The average molecular weight is 516 g/mol. The zero-order chi connectivity index (χ0) is 26.1. The average Bonchev–Trinajstić information content (AvgIpc) is 3.44. The number of benzene rings is 2. The minimum Gasteiger partial charge on any atom is -0.368 e. The highest BCUT2D eigenvalue weighted by atomic mass is 32.1. The Morgan fingerprint density at radius 1 is 0.946 bits per heavy atom. The summed E-state index contributed by atoms with van der Waals surface area (Å²) in [5.41, 5.74) is 3.23. The molecule has 0 spiro atoms. The van der Waals surface area contributed by atoms with Crippen LogP contribution in [0.15, 0.2) is 66.0 Å². The molecule has 0 radical (unpaired) electrons. The van der Waals surface area contributed by atoms with Crippen molar-refractivity contribution >= 4 is 34.6 Å². The Bertz CT molecular complexity index is 1280. The fourth-order valence-electron chi connectivity index (χ4n) is 5.52. The fraction of sp³-hybridized carbons (Fsp3) is 0.367. The largest absolute Gasteiger partial charge is 0.368 e. The number of thiophene rings is 1. The van der Waals surface area contributed by atoms with E-state index in [-0.39, 0.29) is 29.6 Å². The Labute approximate surface area is 222 Å². The quantitative estimate of drug-likeness (QED) is 0.422. The number of anilines is 1. The number of hydrogen-bond donors (Lipinski definition) is 0. The molecule has 192 valence electrons. The van der Waals surface area contributed by atoms with Crippen molar-refractivity contribution in [1.29, 1.82) is 0 Å². The van der Waals surface area contributed by atoms with Crippen LogP contribution in [-0.4, -0.2) is 60.1 Å². The minimum atomic E-state index is -0.437. The smallest absolute Gasteiger partial charge is 0.254 e. The molecule has 0 saturated carbocycles. The highest BCUT2D eigenvalue weighted by molar-refractivity contribution is 7.10. The molecule has 2 atom stereocenters. The maximum absolute atomic E-state index is 14.3. The number of piperazine rings is 1. The summed E-state index contributed by atoms with van der Waals surface area (Å²) < 4.78 is 0. The molecular weight excluding hydrogens is 482 g/mol. The first kappa shape index (κ1) is 25.2. The van der Waals surface area contributed by atoms with Gasteiger partial charge >= 0.3 is 0 Å². The van der Waals surface area contributed by atoms with Crippen LogP contribution in [0, 0.1) is 5.92 Å². The van der Waals surface area contributed by atoms with Crippen LogP contribution in [0.4, 0.5) is 5.69 Å². The van der Waals surface area contributed by atoms with Crippen LogP contribution in [0.2, 0.25) is 0 Å². The molecule has 0 bridgehead atoms. The van der Waals surface area contributed by atoms with Gasteiger partial charge in [-0.15, -0.1) is 11.3 Å². The Morgan fingerprint density at radius 3 is 2.27 bits per heavy atom. The molecule has 0 unspecified atom stereocenters. The van der Waals surface area contributed by atoms with Crippen LogP contribution < -0.4 is 4.90 Å². The Kier molecular flexibility index (Phi) is 7.15. The third kappa shape index (κ3) is 4.92. The summed E-state index contributed by atoms with van der Waals surface area (Å²) in [4.78, 5) is 46.7. The Morgan fingerprint density at radius 2 is 1.65 bits per heavy atom. The van der Waals surface area contributed by atoms with Crippen molar-refractivity contribution in [2.24, 2.45) is 5.92 Å². The summed E-state index contributed by atoms with van der Waals surface area (Å²) in [5, 5.41) is 2.02. The monoisotopic (exact) mass is 515 g/mol. The van der Waals surface area contributed by atoms with Gasteiger partial charge in [0, 0.05) is 54.4 Å². The van der Waals surface area contributed by atoms with Crippen LogP contribution in [0.3, 0.4) is 0 Å². The molecule has 5 rings (SSSR count). The summed E-state index contributed by atoms with van der Waals surface area (Å²) in [5.74, 6) is -0.0117. The highest BCUT2D eigenvalue weighted by Crippen LogP contribution is 2.45. The maximum Gasteiger partial charge on any atom is 0.254 e. The summed E-state index contributed by atoms with van der Waals surface area (Å²) in [6, 6.07) is 19.0. The van der Waals surface area contributed by atoms with Gasteiger partial charge in [0.05, 0.1) is 12.0 Å². The topological polar surface area (TPSA) is 60.9 Å². The van der Waals surface area contributed by atoms with Gasteiger partial charge in [-0.2, -0.15) is 0 Å². The molecule has 2 aliphatic rings. The molecular formula is C30H33N3O3S. The van der Waals surface area contributed by atoms with Gasteiger partial charge in [-0.1, -0.05) is 38.1 Å². The molecule has 6 nitrogen and oxygen atoms in total. The number of carbonyl (C=O) groups excluding carboxylic acids is 3. The summed E-state index contributed by atoms with van der Waals surface area (Å²) in [7, 11) is 0. The van der Waals surface area contributed by atoms with E-state index in [0.717, 1.165) is 29.2 Å². The normalized spacial score (nSPS) is 19.8. The first-order valence-corrected chi connectivity index (χ1v) is 13.8. The van der Waals surface area contributed by atoms with E-state index in [1.54, 1.807) is 18.3 Å². The third-order valence-electron chi connectivity index (χ3n) is 7.33. The Hall–Kier alpha value is -3.45. The van der Waals surface area contributed by atoms with E-state index in [2.05, 4.69) is 18.7 Å². The zero-order valence-electron chi connectivity index (χ0n) is 21.6. The number of hydrogen-bond acceptors (Lipinski definition) is 5. The third-order valence-corrected chi connectivity index (χ3v) is 8.27. The molecule has 3 aromatic rings. The molecule has 2 amide bonds. The first-order chi connectivity index (χ1) is 17.8. The predicted octanol–water partition coefficient (Wildman–Crippen LogP) is 5.24. The van der Waals surface area contributed by atoms with Gasteiger partial charge < -0.3 is 14.7 Å². The van der Waals surface area contributed by atoms with Crippen molar-refractivity contribution in [1.82, 2.24) is 9.80 Å².